The third-order valence-electron chi connectivity index (χ3n) is 4.61. The van der Waals surface area contributed by atoms with Crippen LogP contribution in [-0.4, -0.2) is 22.7 Å². The van der Waals surface area contributed by atoms with Gasteiger partial charge in [0.15, 0.2) is 0 Å². The molecule has 0 radical (unpaired) electrons. The summed E-state index contributed by atoms with van der Waals surface area (Å²) in [5.41, 5.74) is 6.03. The predicted octanol–water partition coefficient (Wildman–Crippen LogP) is 3.14. The summed E-state index contributed by atoms with van der Waals surface area (Å²) in [7, 11) is 0. The van der Waals surface area contributed by atoms with Crippen LogP contribution in [0.5, 0.6) is 0 Å². The zero-order chi connectivity index (χ0) is 17.8. The summed E-state index contributed by atoms with van der Waals surface area (Å²) in [6.07, 6.45) is 2.95. The number of amides is 1. The zero-order valence-electron chi connectivity index (χ0n) is 15.1. The number of carbonyl (C=O) groups is 1. The molecule has 3 rings (SSSR count). The number of thioether (sulfide) groups is 1. The molecule has 0 bridgehead atoms. The van der Waals surface area contributed by atoms with E-state index >= 15 is 0 Å². The number of hydrogen-bond acceptors (Lipinski definition) is 4. The van der Waals surface area contributed by atoms with E-state index in [4.69, 9.17) is 0 Å². The predicted molar refractivity (Wildman–Crippen MR) is 103 cm³/mol. The molecule has 2 aromatic rings. The van der Waals surface area contributed by atoms with Crippen molar-refractivity contribution in [3.8, 4) is 0 Å². The molecular formula is C20H25N3OS. The molecule has 0 aliphatic carbocycles. The second-order valence-corrected chi connectivity index (χ2v) is 7.96. The minimum absolute atomic E-state index is 0.0662. The topological polar surface area (TPSA) is 54.0 Å². The number of carbonyl (C=O) groups excluding carboxylic acids is 1. The number of rotatable bonds is 5. The quantitative estimate of drug-likeness (QED) is 0.809. The first-order valence-corrected chi connectivity index (χ1v) is 9.60. The lowest BCUT2D eigenvalue weighted by atomic mass is 9.96. The van der Waals surface area contributed by atoms with Crippen LogP contribution in [0.25, 0.3) is 0 Å². The van der Waals surface area contributed by atoms with E-state index in [0.29, 0.717) is 6.54 Å². The van der Waals surface area contributed by atoms with Gasteiger partial charge in [0.2, 0.25) is 5.91 Å². The van der Waals surface area contributed by atoms with Gasteiger partial charge in [0.05, 0.1) is 5.25 Å². The highest BCUT2D eigenvalue weighted by Gasteiger charge is 2.18. The van der Waals surface area contributed by atoms with Crippen LogP contribution in [0.1, 0.15) is 34.9 Å². The van der Waals surface area contributed by atoms with Gasteiger partial charge in [0, 0.05) is 29.9 Å². The molecule has 5 heteroatoms. The molecular weight excluding hydrogens is 330 g/mol. The Morgan fingerprint density at radius 2 is 2.08 bits per heavy atom. The van der Waals surface area contributed by atoms with E-state index < -0.39 is 0 Å². The zero-order valence-corrected chi connectivity index (χ0v) is 15.9. The maximum atomic E-state index is 12.5. The summed E-state index contributed by atoms with van der Waals surface area (Å²) in [4.78, 5) is 18.1. The molecule has 0 unspecified atom stereocenters. The monoisotopic (exact) mass is 355 g/mol. The molecule has 1 aliphatic rings. The molecule has 1 aromatic carbocycles. The molecule has 25 heavy (non-hydrogen) atoms. The lowest BCUT2D eigenvalue weighted by Crippen LogP contribution is -2.32. The Morgan fingerprint density at radius 3 is 2.84 bits per heavy atom. The van der Waals surface area contributed by atoms with Crippen LogP contribution in [0.4, 0.5) is 0 Å². The third-order valence-corrected chi connectivity index (χ3v) is 5.72. The minimum Gasteiger partial charge on any atom is -0.351 e. The molecule has 0 spiro atoms. The average Bonchev–Trinajstić information content (AvgIpc) is 2.62. The fraction of sp³-hybridized carbons (Fsp3) is 0.400. The van der Waals surface area contributed by atoms with Crippen molar-refractivity contribution in [3.63, 3.8) is 0 Å². The van der Waals surface area contributed by atoms with Gasteiger partial charge >= 0.3 is 0 Å². The van der Waals surface area contributed by atoms with Gasteiger partial charge in [0.1, 0.15) is 0 Å². The van der Waals surface area contributed by atoms with Crippen molar-refractivity contribution < 1.29 is 4.79 Å². The Hall–Kier alpha value is -1.85. The summed E-state index contributed by atoms with van der Waals surface area (Å²) in [6, 6.07) is 8.29. The van der Waals surface area contributed by atoms with Gasteiger partial charge in [-0.25, -0.2) is 0 Å². The third kappa shape index (κ3) is 4.41. The molecule has 1 aromatic heterocycles. The second-order valence-electron chi connectivity index (χ2n) is 6.54. The average molecular weight is 356 g/mol. The van der Waals surface area contributed by atoms with Gasteiger partial charge in [-0.2, -0.15) is 0 Å². The lowest BCUT2D eigenvalue weighted by molar-refractivity contribution is -0.120. The molecule has 1 atom stereocenters. The smallest absolute Gasteiger partial charge is 0.233 e. The van der Waals surface area contributed by atoms with Crippen molar-refractivity contribution in [2.75, 3.05) is 6.54 Å². The first-order chi connectivity index (χ1) is 12.0. The van der Waals surface area contributed by atoms with Crippen LogP contribution >= 0.6 is 11.8 Å². The Morgan fingerprint density at radius 1 is 1.32 bits per heavy atom. The van der Waals surface area contributed by atoms with Crippen LogP contribution in [0, 0.1) is 13.8 Å². The van der Waals surface area contributed by atoms with Gasteiger partial charge < -0.3 is 10.6 Å². The van der Waals surface area contributed by atoms with E-state index in [-0.39, 0.29) is 11.2 Å². The van der Waals surface area contributed by atoms with E-state index in [0.717, 1.165) is 30.1 Å². The Labute approximate surface area is 153 Å². The van der Waals surface area contributed by atoms with Crippen molar-refractivity contribution in [1.29, 1.82) is 0 Å². The molecule has 2 heterocycles. The number of aryl methyl sites for hydroxylation is 2. The number of nitrogens with zero attached hydrogens (tertiary/aromatic N) is 1. The SMILES string of the molecule is Cc1ccc(S[C@H](C)C(=O)NCc2c(C)ncc3c2CCNC3)cc1. The number of fused-ring (bicyclic) bond motifs is 1. The van der Waals surface area contributed by atoms with E-state index in [1.54, 1.807) is 11.8 Å². The first kappa shape index (κ1) is 18.0. The highest BCUT2D eigenvalue weighted by molar-refractivity contribution is 8.00. The number of nitrogens with one attached hydrogen (secondary N) is 2. The normalized spacial score (nSPS) is 14.7. The van der Waals surface area contributed by atoms with Gasteiger partial charge in [0.25, 0.3) is 0 Å². The van der Waals surface area contributed by atoms with Crippen LogP contribution in [0.15, 0.2) is 35.4 Å². The Balaban J connectivity index is 1.63. The molecule has 2 N–H and O–H groups in total. The van der Waals surface area contributed by atoms with E-state index in [1.807, 2.05) is 20.0 Å². The Bertz CT molecular complexity index is 758. The van der Waals surface area contributed by atoms with Gasteiger partial charge in [-0.05, 0) is 62.6 Å². The van der Waals surface area contributed by atoms with Crippen molar-refractivity contribution >= 4 is 17.7 Å². The number of benzene rings is 1. The van der Waals surface area contributed by atoms with Crippen LogP contribution in [0.3, 0.4) is 0 Å². The van der Waals surface area contributed by atoms with Crippen LogP contribution in [0.2, 0.25) is 0 Å². The highest BCUT2D eigenvalue weighted by atomic mass is 32.2. The van der Waals surface area contributed by atoms with Crippen LogP contribution < -0.4 is 10.6 Å². The molecule has 0 saturated heterocycles. The molecule has 1 aliphatic heterocycles. The number of pyridine rings is 1. The molecule has 4 nitrogen and oxygen atoms in total. The van der Waals surface area contributed by atoms with E-state index in [9.17, 15) is 4.79 Å². The van der Waals surface area contributed by atoms with E-state index in [2.05, 4.69) is 46.8 Å². The summed E-state index contributed by atoms with van der Waals surface area (Å²) in [6.45, 7) is 8.45. The summed E-state index contributed by atoms with van der Waals surface area (Å²) >= 11 is 1.59. The fourth-order valence-electron chi connectivity index (χ4n) is 3.07. The minimum atomic E-state index is -0.128. The van der Waals surface area contributed by atoms with Gasteiger partial charge in [-0.1, -0.05) is 17.7 Å². The molecule has 0 saturated carbocycles. The molecule has 1 amide bonds. The maximum absolute atomic E-state index is 12.5. The van der Waals surface area contributed by atoms with Crippen LogP contribution in [-0.2, 0) is 24.3 Å². The molecule has 132 valence electrons. The van der Waals surface area contributed by atoms with Crippen molar-refractivity contribution in [3.05, 3.63) is 58.4 Å². The Kier molecular flexibility index (Phi) is 5.76. The number of aromatic nitrogens is 1. The lowest BCUT2D eigenvalue weighted by Gasteiger charge is -2.22. The standard InChI is InChI=1S/C20H25N3OS/c1-13-4-6-17(7-5-13)25-15(3)20(24)23-12-19-14(2)22-11-16-10-21-9-8-18(16)19/h4-7,11,15,21H,8-10,12H2,1-3H3,(H,23,24)/t15-/m1/s1. The number of hydrogen-bond donors (Lipinski definition) is 2. The van der Waals surface area contributed by atoms with Crippen molar-refractivity contribution in [2.24, 2.45) is 0 Å². The van der Waals surface area contributed by atoms with Crippen molar-refractivity contribution in [1.82, 2.24) is 15.6 Å². The second kappa shape index (κ2) is 8.02. The molecule has 0 fully saturated rings. The van der Waals surface area contributed by atoms with E-state index in [1.165, 1.54) is 22.3 Å². The first-order valence-electron chi connectivity index (χ1n) is 8.72. The maximum Gasteiger partial charge on any atom is 0.233 e. The van der Waals surface area contributed by atoms with Gasteiger partial charge in [-0.15, -0.1) is 11.8 Å². The van der Waals surface area contributed by atoms with Gasteiger partial charge in [-0.3, -0.25) is 9.78 Å². The summed E-state index contributed by atoms with van der Waals surface area (Å²) in [5.74, 6) is 0.0662. The highest BCUT2D eigenvalue weighted by Crippen LogP contribution is 2.24. The van der Waals surface area contributed by atoms with Crippen molar-refractivity contribution in [2.45, 2.75) is 50.4 Å². The fourth-order valence-corrected chi connectivity index (χ4v) is 3.96. The summed E-state index contributed by atoms with van der Waals surface area (Å²) in [5, 5.41) is 6.34. The summed E-state index contributed by atoms with van der Waals surface area (Å²) < 4.78 is 0. The largest absolute Gasteiger partial charge is 0.351 e.